The predicted octanol–water partition coefficient (Wildman–Crippen LogP) is 3.68. The van der Waals surface area contributed by atoms with Gasteiger partial charge in [-0.2, -0.15) is 0 Å². The van der Waals surface area contributed by atoms with Crippen LogP contribution in [0.3, 0.4) is 0 Å². The van der Waals surface area contributed by atoms with E-state index in [0.717, 1.165) is 5.56 Å². The summed E-state index contributed by atoms with van der Waals surface area (Å²) in [5, 5.41) is 0.527. The van der Waals surface area contributed by atoms with Crippen LogP contribution in [0.1, 0.15) is 5.56 Å². The normalized spacial score (nSPS) is 9.81. The van der Waals surface area contributed by atoms with Crippen LogP contribution in [0.2, 0.25) is 0 Å². The van der Waals surface area contributed by atoms with Gasteiger partial charge in [0.1, 0.15) is 0 Å². The molecular weight excluding hydrogens is 216 g/mol. The van der Waals surface area contributed by atoms with E-state index >= 15 is 0 Å². The maximum absolute atomic E-state index is 5.06. The summed E-state index contributed by atoms with van der Waals surface area (Å²) < 4.78 is 5.01. The van der Waals surface area contributed by atoms with Crippen LogP contribution in [-0.4, -0.2) is 12.2 Å². The summed E-state index contributed by atoms with van der Waals surface area (Å²) in [5.74, 6) is 0. The first kappa shape index (κ1) is 10.8. The van der Waals surface area contributed by atoms with Crippen LogP contribution in [0.25, 0.3) is 11.1 Å². The average Bonchev–Trinajstić information content (AvgIpc) is 2.39. The largest absolute Gasteiger partial charge is 0.486 e. The molecule has 0 aliphatic heterocycles. The van der Waals surface area contributed by atoms with E-state index in [1.165, 1.54) is 11.1 Å². The molecule has 16 heavy (non-hydrogen) atoms. The highest BCUT2D eigenvalue weighted by molar-refractivity contribution is 7.80. The van der Waals surface area contributed by atoms with Crippen molar-refractivity contribution in [2.45, 2.75) is 0 Å². The van der Waals surface area contributed by atoms with Crippen molar-refractivity contribution in [2.75, 3.05) is 7.11 Å². The van der Waals surface area contributed by atoms with Gasteiger partial charge in [-0.1, -0.05) is 42.5 Å². The molecule has 0 radical (unpaired) electrons. The molecule has 0 aliphatic rings. The molecule has 0 bridgehead atoms. The number of methoxy groups -OCH3 is 1. The zero-order valence-electron chi connectivity index (χ0n) is 9.01. The lowest BCUT2D eigenvalue weighted by molar-refractivity contribution is 0.416. The minimum Gasteiger partial charge on any atom is -0.486 e. The molecule has 0 fully saturated rings. The molecule has 2 aromatic carbocycles. The Labute approximate surface area is 101 Å². The highest BCUT2D eigenvalue weighted by Gasteiger charge is 2.01. The van der Waals surface area contributed by atoms with E-state index in [9.17, 15) is 0 Å². The molecule has 2 rings (SSSR count). The van der Waals surface area contributed by atoms with Crippen molar-refractivity contribution < 1.29 is 4.74 Å². The van der Waals surface area contributed by atoms with Gasteiger partial charge in [0.2, 0.25) is 0 Å². The van der Waals surface area contributed by atoms with Gasteiger partial charge in [-0.3, -0.25) is 0 Å². The summed E-state index contributed by atoms with van der Waals surface area (Å²) in [4.78, 5) is 0. The van der Waals surface area contributed by atoms with Crippen LogP contribution in [-0.2, 0) is 4.74 Å². The number of thiocarbonyl (C=S) groups is 1. The first-order valence-corrected chi connectivity index (χ1v) is 5.46. The van der Waals surface area contributed by atoms with Crippen LogP contribution in [0.4, 0.5) is 0 Å². The van der Waals surface area contributed by atoms with Crippen molar-refractivity contribution in [3.8, 4) is 11.1 Å². The van der Waals surface area contributed by atoms with Crippen molar-refractivity contribution >= 4 is 17.3 Å². The van der Waals surface area contributed by atoms with Gasteiger partial charge in [0.05, 0.1) is 7.11 Å². The summed E-state index contributed by atoms with van der Waals surface area (Å²) in [6, 6.07) is 18.3. The Morgan fingerprint density at radius 2 is 1.44 bits per heavy atom. The van der Waals surface area contributed by atoms with Crippen molar-refractivity contribution in [2.24, 2.45) is 0 Å². The number of ether oxygens (including phenoxy) is 1. The minimum absolute atomic E-state index is 0.527. The molecule has 1 nitrogen and oxygen atoms in total. The summed E-state index contributed by atoms with van der Waals surface area (Å²) in [7, 11) is 1.59. The number of benzene rings is 2. The molecule has 80 valence electrons. The van der Waals surface area contributed by atoms with Gasteiger partial charge in [-0.25, -0.2) is 0 Å². The third-order valence-electron chi connectivity index (χ3n) is 2.41. The van der Waals surface area contributed by atoms with E-state index < -0.39 is 0 Å². The molecule has 0 saturated heterocycles. The van der Waals surface area contributed by atoms with Gasteiger partial charge in [-0.15, -0.1) is 0 Å². The zero-order chi connectivity index (χ0) is 11.4. The molecular formula is C14H12OS. The van der Waals surface area contributed by atoms with Gasteiger partial charge in [0, 0.05) is 5.56 Å². The molecule has 0 saturated carbocycles. The molecule has 0 N–H and O–H groups in total. The second kappa shape index (κ2) is 4.90. The second-order valence-electron chi connectivity index (χ2n) is 3.43. The standard InChI is InChI=1S/C14H12OS/c1-15-14(16)13-9-7-12(8-10-13)11-5-3-2-4-6-11/h2-10H,1H3. The topological polar surface area (TPSA) is 9.23 Å². The zero-order valence-corrected chi connectivity index (χ0v) is 9.83. The molecule has 0 heterocycles. The molecule has 0 unspecified atom stereocenters. The van der Waals surface area contributed by atoms with Gasteiger partial charge in [0.25, 0.3) is 0 Å². The Morgan fingerprint density at radius 1 is 0.875 bits per heavy atom. The number of hydrogen-bond acceptors (Lipinski definition) is 2. The Morgan fingerprint density at radius 3 is 2.00 bits per heavy atom. The fourth-order valence-electron chi connectivity index (χ4n) is 1.55. The Hall–Kier alpha value is -1.67. The van der Waals surface area contributed by atoms with Crippen molar-refractivity contribution in [3.05, 3.63) is 60.2 Å². The molecule has 0 spiro atoms. The summed E-state index contributed by atoms with van der Waals surface area (Å²) in [6.45, 7) is 0. The maximum atomic E-state index is 5.06. The summed E-state index contributed by atoms with van der Waals surface area (Å²) in [5.41, 5.74) is 3.33. The van der Waals surface area contributed by atoms with Crippen LogP contribution < -0.4 is 0 Å². The first-order valence-electron chi connectivity index (χ1n) is 5.05. The fourth-order valence-corrected chi connectivity index (χ4v) is 1.68. The minimum atomic E-state index is 0.527. The monoisotopic (exact) mass is 228 g/mol. The van der Waals surface area contributed by atoms with Gasteiger partial charge in [0.15, 0.2) is 5.05 Å². The highest BCUT2D eigenvalue weighted by Crippen LogP contribution is 2.19. The predicted molar refractivity (Wildman–Crippen MR) is 70.6 cm³/mol. The number of hydrogen-bond donors (Lipinski definition) is 0. The van der Waals surface area contributed by atoms with E-state index in [4.69, 9.17) is 17.0 Å². The van der Waals surface area contributed by atoms with E-state index in [1.807, 2.05) is 30.3 Å². The average molecular weight is 228 g/mol. The molecule has 0 aromatic heterocycles. The fraction of sp³-hybridized carbons (Fsp3) is 0.0714. The van der Waals surface area contributed by atoms with Gasteiger partial charge < -0.3 is 4.74 Å². The molecule has 0 amide bonds. The molecule has 2 aromatic rings. The van der Waals surface area contributed by atoms with Crippen molar-refractivity contribution in [3.63, 3.8) is 0 Å². The van der Waals surface area contributed by atoms with Crippen LogP contribution in [0.5, 0.6) is 0 Å². The Bertz CT molecular complexity index is 474. The Kier molecular flexibility index (Phi) is 3.32. The summed E-state index contributed by atoms with van der Waals surface area (Å²) in [6.07, 6.45) is 0. The van der Waals surface area contributed by atoms with E-state index in [1.54, 1.807) is 7.11 Å². The summed E-state index contributed by atoms with van der Waals surface area (Å²) >= 11 is 5.06. The van der Waals surface area contributed by atoms with Crippen molar-refractivity contribution in [1.29, 1.82) is 0 Å². The highest BCUT2D eigenvalue weighted by atomic mass is 32.1. The Balaban J connectivity index is 2.30. The first-order chi connectivity index (χ1) is 7.81. The SMILES string of the molecule is COC(=S)c1ccc(-c2ccccc2)cc1. The van der Waals surface area contributed by atoms with E-state index in [-0.39, 0.29) is 0 Å². The lowest BCUT2D eigenvalue weighted by atomic mass is 10.0. The van der Waals surface area contributed by atoms with Crippen LogP contribution in [0.15, 0.2) is 54.6 Å². The maximum Gasteiger partial charge on any atom is 0.190 e. The third-order valence-corrected chi connectivity index (χ3v) is 2.82. The number of rotatable bonds is 2. The molecule has 0 aliphatic carbocycles. The van der Waals surface area contributed by atoms with Gasteiger partial charge >= 0.3 is 0 Å². The van der Waals surface area contributed by atoms with Crippen LogP contribution in [0, 0.1) is 0 Å². The van der Waals surface area contributed by atoms with E-state index in [2.05, 4.69) is 24.3 Å². The third kappa shape index (κ3) is 2.28. The van der Waals surface area contributed by atoms with Crippen molar-refractivity contribution in [1.82, 2.24) is 0 Å². The molecule has 0 atom stereocenters. The second-order valence-corrected chi connectivity index (χ2v) is 3.81. The van der Waals surface area contributed by atoms with E-state index in [0.29, 0.717) is 5.05 Å². The smallest absolute Gasteiger partial charge is 0.190 e. The lowest BCUT2D eigenvalue weighted by Crippen LogP contribution is -1.98. The van der Waals surface area contributed by atoms with Gasteiger partial charge in [-0.05, 0) is 35.5 Å². The molecule has 2 heteroatoms. The lowest BCUT2D eigenvalue weighted by Gasteiger charge is -2.04. The van der Waals surface area contributed by atoms with Crippen LogP contribution >= 0.6 is 12.2 Å². The quantitative estimate of drug-likeness (QED) is 0.725.